The molecule has 1 rings (SSSR count). The molecule has 0 heterocycles. The summed E-state index contributed by atoms with van der Waals surface area (Å²) in [5.74, 6) is 0.342. The van der Waals surface area contributed by atoms with Gasteiger partial charge in [0, 0.05) is 19.8 Å². The third-order valence-electron chi connectivity index (χ3n) is 3.44. The van der Waals surface area contributed by atoms with Crippen LogP contribution in [0.15, 0.2) is 11.3 Å². The molecule has 20 heavy (non-hydrogen) atoms. The van der Waals surface area contributed by atoms with E-state index in [0.29, 0.717) is 19.4 Å². The first-order valence-electron chi connectivity index (χ1n) is 7.68. The Kier molecular flexibility index (Phi) is 8.00. The normalized spacial score (nSPS) is 14.5. The first kappa shape index (κ1) is 16.7. The highest BCUT2D eigenvalue weighted by molar-refractivity contribution is 5.70. The van der Waals surface area contributed by atoms with Crippen molar-refractivity contribution < 1.29 is 19.1 Å². The van der Waals surface area contributed by atoms with E-state index in [1.807, 2.05) is 0 Å². The predicted molar refractivity (Wildman–Crippen MR) is 77.0 cm³/mol. The number of carbonyl (C=O) groups excluding carboxylic acids is 2. The molecule has 0 aliphatic heterocycles. The summed E-state index contributed by atoms with van der Waals surface area (Å²) in [5, 5.41) is 0. The van der Waals surface area contributed by atoms with Crippen molar-refractivity contribution in [3.63, 3.8) is 0 Å². The molecule has 0 bridgehead atoms. The van der Waals surface area contributed by atoms with Crippen LogP contribution in [-0.2, 0) is 19.1 Å². The Labute approximate surface area is 121 Å². The molecule has 0 amide bonds. The summed E-state index contributed by atoms with van der Waals surface area (Å²) >= 11 is 0. The van der Waals surface area contributed by atoms with E-state index in [4.69, 9.17) is 9.47 Å². The maximum Gasteiger partial charge on any atom is 0.307 e. The van der Waals surface area contributed by atoms with Crippen molar-refractivity contribution >= 4 is 11.9 Å². The van der Waals surface area contributed by atoms with Gasteiger partial charge in [0.1, 0.15) is 5.76 Å². The standard InChI is InChI=1S/C16H26O4/c1-3-4-5-6-12-19-16(18)11-10-14-8-7-9-15(14)20-13(2)17/h3-12H2,1-2H3. The highest BCUT2D eigenvalue weighted by Gasteiger charge is 2.18. The van der Waals surface area contributed by atoms with Gasteiger partial charge < -0.3 is 9.47 Å². The molecular formula is C16H26O4. The predicted octanol–water partition coefficient (Wildman–Crippen LogP) is 3.89. The molecule has 4 heteroatoms. The first-order chi connectivity index (χ1) is 9.63. The van der Waals surface area contributed by atoms with Crippen LogP contribution in [0.3, 0.4) is 0 Å². The second-order valence-electron chi connectivity index (χ2n) is 5.26. The summed E-state index contributed by atoms with van der Waals surface area (Å²) in [5.41, 5.74) is 1.10. The number of esters is 2. The Morgan fingerprint density at radius 3 is 2.65 bits per heavy atom. The van der Waals surface area contributed by atoms with Crippen LogP contribution in [-0.4, -0.2) is 18.5 Å². The Morgan fingerprint density at radius 1 is 1.15 bits per heavy atom. The number of allylic oxidation sites excluding steroid dienone is 2. The lowest BCUT2D eigenvalue weighted by Gasteiger charge is -2.07. The monoisotopic (exact) mass is 282 g/mol. The number of unbranched alkanes of at least 4 members (excludes halogenated alkanes) is 3. The lowest BCUT2D eigenvalue weighted by molar-refractivity contribution is -0.143. The van der Waals surface area contributed by atoms with Gasteiger partial charge in [0.15, 0.2) is 0 Å². The second kappa shape index (κ2) is 9.56. The van der Waals surface area contributed by atoms with Gasteiger partial charge in [-0.3, -0.25) is 9.59 Å². The van der Waals surface area contributed by atoms with Crippen LogP contribution in [0.1, 0.15) is 71.6 Å². The van der Waals surface area contributed by atoms with Crippen molar-refractivity contribution in [2.45, 2.75) is 71.6 Å². The molecule has 1 aliphatic rings. The average molecular weight is 282 g/mol. The molecule has 0 aromatic carbocycles. The number of hydrogen-bond donors (Lipinski definition) is 0. The van der Waals surface area contributed by atoms with Gasteiger partial charge in [0.2, 0.25) is 0 Å². The number of rotatable bonds is 9. The Balaban J connectivity index is 2.21. The zero-order chi connectivity index (χ0) is 14.8. The minimum Gasteiger partial charge on any atom is -0.466 e. The van der Waals surface area contributed by atoms with Crippen molar-refractivity contribution in [3.8, 4) is 0 Å². The summed E-state index contributed by atoms with van der Waals surface area (Å²) in [6, 6.07) is 0. The fourth-order valence-corrected chi connectivity index (χ4v) is 2.38. The van der Waals surface area contributed by atoms with E-state index in [9.17, 15) is 9.59 Å². The van der Waals surface area contributed by atoms with E-state index in [2.05, 4.69) is 6.92 Å². The highest BCUT2D eigenvalue weighted by Crippen LogP contribution is 2.30. The van der Waals surface area contributed by atoms with Crippen LogP contribution >= 0.6 is 0 Å². The topological polar surface area (TPSA) is 52.6 Å². The maximum atomic E-state index is 11.6. The molecule has 114 valence electrons. The molecule has 0 radical (unpaired) electrons. The lowest BCUT2D eigenvalue weighted by atomic mass is 10.1. The summed E-state index contributed by atoms with van der Waals surface area (Å²) in [6.07, 6.45) is 8.20. The van der Waals surface area contributed by atoms with E-state index in [-0.39, 0.29) is 11.9 Å². The quantitative estimate of drug-likeness (QED) is 0.475. The Morgan fingerprint density at radius 2 is 1.95 bits per heavy atom. The van der Waals surface area contributed by atoms with E-state index in [0.717, 1.165) is 43.4 Å². The van der Waals surface area contributed by atoms with Crippen LogP contribution in [0.5, 0.6) is 0 Å². The van der Waals surface area contributed by atoms with Gasteiger partial charge in [0.25, 0.3) is 0 Å². The fourth-order valence-electron chi connectivity index (χ4n) is 2.38. The summed E-state index contributed by atoms with van der Waals surface area (Å²) < 4.78 is 10.4. The molecule has 0 atom stereocenters. The van der Waals surface area contributed by atoms with E-state index < -0.39 is 0 Å². The Bertz CT molecular complexity index is 357. The summed E-state index contributed by atoms with van der Waals surface area (Å²) in [6.45, 7) is 4.09. The first-order valence-corrected chi connectivity index (χ1v) is 7.68. The van der Waals surface area contributed by atoms with Crippen molar-refractivity contribution in [2.75, 3.05) is 6.61 Å². The van der Waals surface area contributed by atoms with Gasteiger partial charge in [0.05, 0.1) is 6.61 Å². The lowest BCUT2D eigenvalue weighted by Crippen LogP contribution is -2.06. The van der Waals surface area contributed by atoms with Gasteiger partial charge in [-0.15, -0.1) is 0 Å². The van der Waals surface area contributed by atoms with Crippen LogP contribution in [0.4, 0.5) is 0 Å². The van der Waals surface area contributed by atoms with Crippen LogP contribution in [0, 0.1) is 0 Å². The van der Waals surface area contributed by atoms with E-state index in [1.165, 1.54) is 19.8 Å². The molecule has 0 aromatic heterocycles. The van der Waals surface area contributed by atoms with Gasteiger partial charge in [-0.25, -0.2) is 0 Å². The molecule has 0 unspecified atom stereocenters. The summed E-state index contributed by atoms with van der Waals surface area (Å²) in [4.78, 5) is 22.6. The van der Waals surface area contributed by atoms with Crippen molar-refractivity contribution in [3.05, 3.63) is 11.3 Å². The van der Waals surface area contributed by atoms with Gasteiger partial charge >= 0.3 is 11.9 Å². The molecule has 0 fully saturated rings. The molecular weight excluding hydrogens is 256 g/mol. The van der Waals surface area contributed by atoms with Crippen LogP contribution < -0.4 is 0 Å². The molecule has 0 spiro atoms. The zero-order valence-electron chi connectivity index (χ0n) is 12.7. The minimum atomic E-state index is -0.280. The Hall–Kier alpha value is -1.32. The second-order valence-corrected chi connectivity index (χ2v) is 5.26. The average Bonchev–Trinajstić information content (AvgIpc) is 2.82. The SMILES string of the molecule is CCCCCCOC(=O)CCC1=C(OC(C)=O)CCC1. The minimum absolute atomic E-state index is 0.150. The molecule has 0 saturated carbocycles. The molecule has 1 aliphatic carbocycles. The van der Waals surface area contributed by atoms with Gasteiger partial charge in [-0.2, -0.15) is 0 Å². The number of hydrogen-bond acceptors (Lipinski definition) is 4. The van der Waals surface area contributed by atoms with Crippen molar-refractivity contribution in [1.29, 1.82) is 0 Å². The highest BCUT2D eigenvalue weighted by atomic mass is 16.5. The largest absolute Gasteiger partial charge is 0.466 e. The fraction of sp³-hybridized carbons (Fsp3) is 0.750. The van der Waals surface area contributed by atoms with E-state index >= 15 is 0 Å². The van der Waals surface area contributed by atoms with Gasteiger partial charge in [-0.1, -0.05) is 26.2 Å². The van der Waals surface area contributed by atoms with E-state index in [1.54, 1.807) is 0 Å². The van der Waals surface area contributed by atoms with Crippen LogP contribution in [0.25, 0.3) is 0 Å². The maximum absolute atomic E-state index is 11.6. The number of carbonyl (C=O) groups is 2. The molecule has 0 aromatic rings. The van der Waals surface area contributed by atoms with Crippen LogP contribution in [0.2, 0.25) is 0 Å². The smallest absolute Gasteiger partial charge is 0.307 e. The van der Waals surface area contributed by atoms with Crippen molar-refractivity contribution in [2.24, 2.45) is 0 Å². The van der Waals surface area contributed by atoms with Gasteiger partial charge in [-0.05, 0) is 31.3 Å². The molecule has 4 nitrogen and oxygen atoms in total. The molecule has 0 N–H and O–H groups in total. The summed E-state index contributed by atoms with van der Waals surface area (Å²) in [7, 11) is 0. The third-order valence-corrected chi connectivity index (χ3v) is 3.44. The third kappa shape index (κ3) is 6.73. The zero-order valence-corrected chi connectivity index (χ0v) is 12.7. The molecule has 0 saturated heterocycles. The van der Waals surface area contributed by atoms with Crippen molar-refractivity contribution in [1.82, 2.24) is 0 Å². The number of ether oxygens (including phenoxy) is 2.